The molecule has 3 rings (SSSR count). The molecule has 0 aliphatic carbocycles. The Morgan fingerprint density at radius 2 is 1.74 bits per heavy atom. The van der Waals surface area contributed by atoms with Crippen molar-refractivity contribution in [2.45, 2.75) is 11.4 Å². The highest BCUT2D eigenvalue weighted by Crippen LogP contribution is 2.24. The van der Waals surface area contributed by atoms with Crippen molar-refractivity contribution in [2.24, 2.45) is 5.14 Å². The zero-order valence-electron chi connectivity index (χ0n) is 15.2. The number of nitrogens with two attached hydrogens (primary N) is 1. The van der Waals surface area contributed by atoms with Gasteiger partial charge in [0.05, 0.1) is 7.11 Å². The summed E-state index contributed by atoms with van der Waals surface area (Å²) < 4.78 is 28.5. The van der Waals surface area contributed by atoms with Crippen LogP contribution in [0.25, 0.3) is 0 Å². The first kappa shape index (κ1) is 19.3. The molecule has 2 aromatic rings. The van der Waals surface area contributed by atoms with Crippen LogP contribution in [0.1, 0.15) is 15.9 Å². The fourth-order valence-electron chi connectivity index (χ4n) is 3.17. The number of ether oxygens (including phenoxy) is 1. The van der Waals surface area contributed by atoms with Crippen LogP contribution in [0.2, 0.25) is 0 Å². The van der Waals surface area contributed by atoms with E-state index in [1.54, 1.807) is 11.0 Å². The number of carbonyl (C=O) groups is 1. The van der Waals surface area contributed by atoms with Gasteiger partial charge in [-0.25, -0.2) is 13.6 Å². The monoisotopic (exact) mass is 389 g/mol. The van der Waals surface area contributed by atoms with Crippen molar-refractivity contribution in [3.05, 3.63) is 59.7 Å². The van der Waals surface area contributed by atoms with Gasteiger partial charge in [0.1, 0.15) is 10.6 Å². The third-order valence-corrected chi connectivity index (χ3v) is 5.56. The van der Waals surface area contributed by atoms with E-state index in [-0.39, 0.29) is 22.1 Å². The van der Waals surface area contributed by atoms with Crippen LogP contribution in [-0.2, 0) is 16.6 Å². The molecule has 1 amide bonds. The highest BCUT2D eigenvalue weighted by atomic mass is 32.2. The molecule has 1 aliphatic rings. The number of hydrogen-bond donors (Lipinski definition) is 1. The Hall–Kier alpha value is -2.42. The van der Waals surface area contributed by atoms with Crippen molar-refractivity contribution in [3.8, 4) is 5.75 Å². The Morgan fingerprint density at radius 1 is 1.07 bits per heavy atom. The van der Waals surface area contributed by atoms with Crippen molar-refractivity contribution in [3.63, 3.8) is 0 Å². The lowest BCUT2D eigenvalue weighted by Crippen LogP contribution is -2.48. The summed E-state index contributed by atoms with van der Waals surface area (Å²) in [7, 11) is -2.62. The molecule has 0 radical (unpaired) electrons. The first-order chi connectivity index (χ1) is 12.9. The van der Waals surface area contributed by atoms with Gasteiger partial charge in [0.2, 0.25) is 10.0 Å². The van der Waals surface area contributed by atoms with E-state index in [2.05, 4.69) is 17.0 Å². The van der Waals surface area contributed by atoms with Gasteiger partial charge in [0.15, 0.2) is 0 Å². The summed E-state index contributed by atoms with van der Waals surface area (Å²) in [5, 5.41) is 5.23. The van der Waals surface area contributed by atoms with Crippen LogP contribution in [0.4, 0.5) is 0 Å². The van der Waals surface area contributed by atoms with Crippen molar-refractivity contribution >= 4 is 15.9 Å². The van der Waals surface area contributed by atoms with E-state index in [1.807, 2.05) is 18.2 Å². The number of sulfonamides is 1. The molecular weight excluding hydrogens is 366 g/mol. The highest BCUT2D eigenvalue weighted by molar-refractivity contribution is 7.89. The van der Waals surface area contributed by atoms with Crippen LogP contribution < -0.4 is 9.88 Å². The first-order valence-electron chi connectivity index (χ1n) is 8.65. The Balaban J connectivity index is 1.67. The molecule has 1 fully saturated rings. The lowest BCUT2D eigenvalue weighted by Gasteiger charge is -2.34. The molecule has 7 nitrogen and oxygen atoms in total. The molecule has 0 spiro atoms. The van der Waals surface area contributed by atoms with Crippen molar-refractivity contribution in [1.82, 2.24) is 9.80 Å². The van der Waals surface area contributed by atoms with Gasteiger partial charge < -0.3 is 9.64 Å². The number of carbonyl (C=O) groups excluding carboxylic acids is 1. The highest BCUT2D eigenvalue weighted by Gasteiger charge is 2.24. The van der Waals surface area contributed by atoms with E-state index in [4.69, 9.17) is 9.88 Å². The number of benzene rings is 2. The molecule has 1 heterocycles. The molecule has 0 bridgehead atoms. The average Bonchev–Trinajstić information content (AvgIpc) is 2.67. The largest absolute Gasteiger partial charge is 0.495 e. The summed E-state index contributed by atoms with van der Waals surface area (Å²) in [5.41, 5.74) is 1.53. The van der Waals surface area contributed by atoms with Crippen LogP contribution in [0, 0.1) is 0 Å². The smallest absolute Gasteiger partial charge is 0.253 e. The summed E-state index contributed by atoms with van der Waals surface area (Å²) in [4.78, 5) is 16.6. The SMILES string of the molecule is COc1ccc(C(=O)N2CCN(Cc3ccccc3)CC2)cc1S(N)(=O)=O. The summed E-state index contributed by atoms with van der Waals surface area (Å²) in [6.07, 6.45) is 0. The van der Waals surface area contributed by atoms with E-state index >= 15 is 0 Å². The quantitative estimate of drug-likeness (QED) is 0.832. The standard InChI is InChI=1S/C19H23N3O4S/c1-26-17-8-7-16(13-18(17)27(20,24)25)19(23)22-11-9-21(10-12-22)14-15-5-3-2-4-6-15/h2-8,13H,9-12,14H2,1H3,(H2,20,24,25). The molecule has 0 saturated carbocycles. The van der Waals surface area contributed by atoms with Crippen LogP contribution in [0.15, 0.2) is 53.4 Å². The van der Waals surface area contributed by atoms with E-state index in [0.29, 0.717) is 13.1 Å². The van der Waals surface area contributed by atoms with E-state index in [0.717, 1.165) is 19.6 Å². The fraction of sp³-hybridized carbons (Fsp3) is 0.316. The third-order valence-electron chi connectivity index (χ3n) is 4.63. The number of methoxy groups -OCH3 is 1. The third kappa shape index (κ3) is 4.65. The summed E-state index contributed by atoms with van der Waals surface area (Å²) >= 11 is 0. The zero-order valence-corrected chi connectivity index (χ0v) is 16.0. The van der Waals surface area contributed by atoms with Gasteiger partial charge in [-0.3, -0.25) is 9.69 Å². The minimum absolute atomic E-state index is 0.127. The summed E-state index contributed by atoms with van der Waals surface area (Å²) in [6, 6.07) is 14.5. The van der Waals surface area contributed by atoms with Crippen LogP contribution >= 0.6 is 0 Å². The maximum absolute atomic E-state index is 12.8. The van der Waals surface area contributed by atoms with E-state index in [1.165, 1.54) is 24.8 Å². The number of nitrogens with zero attached hydrogens (tertiary/aromatic N) is 2. The summed E-state index contributed by atoms with van der Waals surface area (Å²) in [6.45, 7) is 3.55. The average molecular weight is 389 g/mol. The molecule has 0 aromatic heterocycles. The lowest BCUT2D eigenvalue weighted by molar-refractivity contribution is 0.0628. The van der Waals surface area contributed by atoms with E-state index in [9.17, 15) is 13.2 Å². The number of amides is 1. The maximum Gasteiger partial charge on any atom is 0.253 e. The first-order valence-corrected chi connectivity index (χ1v) is 10.2. The second-order valence-corrected chi connectivity index (χ2v) is 7.99. The molecule has 27 heavy (non-hydrogen) atoms. The molecule has 0 unspecified atom stereocenters. The molecule has 8 heteroatoms. The minimum atomic E-state index is -3.98. The van der Waals surface area contributed by atoms with Gasteiger partial charge in [-0.05, 0) is 23.8 Å². The predicted molar refractivity (Wildman–Crippen MR) is 102 cm³/mol. The minimum Gasteiger partial charge on any atom is -0.495 e. The molecule has 1 saturated heterocycles. The Kier molecular flexibility index (Phi) is 5.79. The van der Waals surface area contributed by atoms with Crippen molar-refractivity contribution in [1.29, 1.82) is 0 Å². The second-order valence-electron chi connectivity index (χ2n) is 6.46. The number of piperazine rings is 1. The van der Waals surface area contributed by atoms with Gasteiger partial charge in [-0.1, -0.05) is 30.3 Å². The number of hydrogen-bond acceptors (Lipinski definition) is 5. The molecule has 2 N–H and O–H groups in total. The fourth-order valence-corrected chi connectivity index (χ4v) is 3.89. The molecule has 1 aliphatic heterocycles. The van der Waals surface area contributed by atoms with Gasteiger partial charge in [0, 0.05) is 38.3 Å². The zero-order chi connectivity index (χ0) is 19.4. The van der Waals surface area contributed by atoms with Gasteiger partial charge >= 0.3 is 0 Å². The molecular formula is C19H23N3O4S. The molecule has 2 aromatic carbocycles. The normalized spacial score (nSPS) is 15.6. The van der Waals surface area contributed by atoms with Crippen LogP contribution in [0.3, 0.4) is 0 Å². The van der Waals surface area contributed by atoms with Gasteiger partial charge in [0.25, 0.3) is 5.91 Å². The topological polar surface area (TPSA) is 92.9 Å². The Labute approximate surface area is 159 Å². The van der Waals surface area contributed by atoms with Crippen molar-refractivity contribution in [2.75, 3.05) is 33.3 Å². The van der Waals surface area contributed by atoms with E-state index < -0.39 is 10.0 Å². The maximum atomic E-state index is 12.8. The lowest BCUT2D eigenvalue weighted by atomic mass is 10.1. The Bertz CT molecular complexity index is 908. The Morgan fingerprint density at radius 3 is 2.33 bits per heavy atom. The van der Waals surface area contributed by atoms with Crippen molar-refractivity contribution < 1.29 is 17.9 Å². The molecule has 0 atom stereocenters. The summed E-state index contributed by atoms with van der Waals surface area (Å²) in [5.74, 6) is -0.0800. The van der Waals surface area contributed by atoms with Gasteiger partial charge in [-0.2, -0.15) is 0 Å². The van der Waals surface area contributed by atoms with Crippen LogP contribution in [-0.4, -0.2) is 57.4 Å². The number of rotatable bonds is 5. The second kappa shape index (κ2) is 8.08. The predicted octanol–water partition coefficient (Wildman–Crippen LogP) is 1.30. The van der Waals surface area contributed by atoms with Gasteiger partial charge in [-0.15, -0.1) is 0 Å². The van der Waals surface area contributed by atoms with Crippen LogP contribution in [0.5, 0.6) is 5.75 Å². The molecule has 144 valence electrons. The number of primary sulfonamides is 1.